The normalized spacial score (nSPS) is 11.7. The fourth-order valence-corrected chi connectivity index (χ4v) is 2.96. The molecule has 0 bridgehead atoms. The van der Waals surface area contributed by atoms with Crippen molar-refractivity contribution in [3.63, 3.8) is 0 Å². The van der Waals surface area contributed by atoms with Gasteiger partial charge in [-0.15, -0.1) is 24.0 Å². The standard InChI is InChI=1S/C14H22BrN3O2S.HI/c1-16-14(17-9-6-10-21(3,19)20)18(2)11-12-7-4-5-8-13(12)15;/h4-5,7-8H,6,9-11H2,1-3H3,(H,16,17);1H. The van der Waals surface area contributed by atoms with Crippen LogP contribution in [0.3, 0.4) is 0 Å². The third-order valence-corrected chi connectivity index (χ3v) is 4.72. The largest absolute Gasteiger partial charge is 0.356 e. The van der Waals surface area contributed by atoms with E-state index in [-0.39, 0.29) is 29.7 Å². The maximum atomic E-state index is 11.1. The third kappa shape index (κ3) is 8.33. The van der Waals surface area contributed by atoms with E-state index < -0.39 is 9.84 Å². The van der Waals surface area contributed by atoms with E-state index in [1.54, 1.807) is 7.05 Å². The number of benzene rings is 1. The van der Waals surface area contributed by atoms with Crippen molar-refractivity contribution in [2.24, 2.45) is 4.99 Å². The summed E-state index contributed by atoms with van der Waals surface area (Å²) in [4.78, 5) is 6.22. The lowest BCUT2D eigenvalue weighted by atomic mass is 10.2. The van der Waals surface area contributed by atoms with Crippen molar-refractivity contribution in [3.05, 3.63) is 34.3 Å². The van der Waals surface area contributed by atoms with Crippen molar-refractivity contribution in [2.45, 2.75) is 13.0 Å². The SMILES string of the molecule is CN=C(NCCCS(C)(=O)=O)N(C)Cc1ccccc1Br.I. The Balaban J connectivity index is 0.00000441. The Hall–Kier alpha value is -0.350. The molecule has 0 aliphatic rings. The Morgan fingerprint density at radius 1 is 1.36 bits per heavy atom. The van der Waals surface area contributed by atoms with Gasteiger partial charge in [0.25, 0.3) is 0 Å². The van der Waals surface area contributed by atoms with Gasteiger partial charge in [-0.3, -0.25) is 4.99 Å². The van der Waals surface area contributed by atoms with Crippen LogP contribution in [0.1, 0.15) is 12.0 Å². The number of nitrogens with zero attached hydrogens (tertiary/aromatic N) is 2. The minimum Gasteiger partial charge on any atom is -0.356 e. The van der Waals surface area contributed by atoms with Crippen LogP contribution in [-0.4, -0.2) is 51.9 Å². The first-order chi connectivity index (χ1) is 9.83. The van der Waals surface area contributed by atoms with Gasteiger partial charge < -0.3 is 10.2 Å². The van der Waals surface area contributed by atoms with E-state index in [4.69, 9.17) is 0 Å². The molecule has 1 aromatic rings. The Morgan fingerprint density at radius 3 is 2.55 bits per heavy atom. The van der Waals surface area contributed by atoms with Crippen LogP contribution < -0.4 is 5.32 Å². The quantitative estimate of drug-likeness (QED) is 0.280. The summed E-state index contributed by atoms with van der Waals surface area (Å²) in [5, 5.41) is 3.18. The molecule has 0 aliphatic carbocycles. The molecule has 0 amide bonds. The van der Waals surface area contributed by atoms with Crippen LogP contribution in [-0.2, 0) is 16.4 Å². The van der Waals surface area contributed by atoms with Crippen LogP contribution in [0.5, 0.6) is 0 Å². The topological polar surface area (TPSA) is 61.8 Å². The minimum atomic E-state index is -2.90. The van der Waals surface area contributed by atoms with E-state index >= 15 is 0 Å². The van der Waals surface area contributed by atoms with Crippen molar-refractivity contribution in [2.75, 3.05) is 32.6 Å². The van der Waals surface area contributed by atoms with Crippen molar-refractivity contribution < 1.29 is 8.42 Å². The summed E-state index contributed by atoms with van der Waals surface area (Å²) in [6.07, 6.45) is 1.82. The summed E-state index contributed by atoms with van der Waals surface area (Å²) < 4.78 is 23.2. The minimum absolute atomic E-state index is 0. The van der Waals surface area contributed by atoms with Crippen LogP contribution in [0.25, 0.3) is 0 Å². The highest BCUT2D eigenvalue weighted by atomic mass is 127. The highest BCUT2D eigenvalue weighted by Crippen LogP contribution is 2.17. The second kappa shape index (κ2) is 10.4. The van der Waals surface area contributed by atoms with Gasteiger partial charge in [-0.05, 0) is 18.1 Å². The lowest BCUT2D eigenvalue weighted by molar-refractivity contribution is 0.475. The van der Waals surface area contributed by atoms with Gasteiger partial charge in [-0.2, -0.15) is 0 Å². The molecule has 1 N–H and O–H groups in total. The predicted octanol–water partition coefficient (Wildman–Crippen LogP) is 2.51. The van der Waals surface area contributed by atoms with Gasteiger partial charge in [0.1, 0.15) is 9.84 Å². The van der Waals surface area contributed by atoms with Crippen molar-refractivity contribution in [1.82, 2.24) is 10.2 Å². The Kier molecular flexibility index (Phi) is 10.3. The molecule has 0 aromatic heterocycles. The smallest absolute Gasteiger partial charge is 0.193 e. The Morgan fingerprint density at radius 2 is 2.00 bits per heavy atom. The van der Waals surface area contributed by atoms with Gasteiger partial charge in [0.2, 0.25) is 0 Å². The zero-order valence-corrected chi connectivity index (χ0v) is 17.8. The molecule has 8 heteroatoms. The van der Waals surface area contributed by atoms with Gasteiger partial charge in [-0.25, -0.2) is 8.42 Å². The van der Waals surface area contributed by atoms with Gasteiger partial charge in [0.15, 0.2) is 5.96 Å². The second-order valence-electron chi connectivity index (χ2n) is 4.90. The summed E-state index contributed by atoms with van der Waals surface area (Å²) >= 11 is 3.53. The van der Waals surface area contributed by atoms with Crippen LogP contribution >= 0.6 is 39.9 Å². The first-order valence-corrected chi connectivity index (χ1v) is 9.52. The molecule has 22 heavy (non-hydrogen) atoms. The third-order valence-electron chi connectivity index (χ3n) is 2.91. The summed E-state index contributed by atoms with van der Waals surface area (Å²) in [6.45, 7) is 1.30. The first kappa shape index (κ1) is 21.6. The predicted molar refractivity (Wildman–Crippen MR) is 107 cm³/mol. The summed E-state index contributed by atoms with van der Waals surface area (Å²) in [5.41, 5.74) is 1.17. The number of hydrogen-bond acceptors (Lipinski definition) is 3. The molecule has 1 rings (SSSR count). The maximum absolute atomic E-state index is 11.1. The lowest BCUT2D eigenvalue weighted by Gasteiger charge is -2.22. The van der Waals surface area contributed by atoms with Crippen molar-refractivity contribution >= 4 is 55.7 Å². The molecule has 0 aliphatic heterocycles. The highest BCUT2D eigenvalue weighted by molar-refractivity contribution is 14.0. The van der Waals surface area contributed by atoms with Crippen LogP contribution in [0, 0.1) is 0 Å². The Bertz CT molecular complexity index is 594. The first-order valence-electron chi connectivity index (χ1n) is 6.66. The van der Waals surface area contributed by atoms with E-state index in [0.29, 0.717) is 19.5 Å². The molecule has 0 unspecified atom stereocenters. The molecule has 126 valence electrons. The van der Waals surface area contributed by atoms with E-state index in [2.05, 4.69) is 32.3 Å². The second-order valence-corrected chi connectivity index (χ2v) is 8.02. The zero-order chi connectivity index (χ0) is 15.9. The number of rotatable bonds is 6. The highest BCUT2D eigenvalue weighted by Gasteiger charge is 2.08. The van der Waals surface area contributed by atoms with Gasteiger partial charge in [-0.1, -0.05) is 34.1 Å². The van der Waals surface area contributed by atoms with Gasteiger partial charge in [0.05, 0.1) is 5.75 Å². The average molecular weight is 504 g/mol. The van der Waals surface area contributed by atoms with E-state index in [1.165, 1.54) is 11.8 Å². The number of hydrogen-bond donors (Lipinski definition) is 1. The molecule has 0 heterocycles. The number of aliphatic imine (C=N–C) groups is 1. The lowest BCUT2D eigenvalue weighted by Crippen LogP contribution is -2.39. The summed E-state index contributed by atoms with van der Waals surface area (Å²) in [6, 6.07) is 8.03. The van der Waals surface area contributed by atoms with Crippen LogP contribution in [0.2, 0.25) is 0 Å². The molecular weight excluding hydrogens is 481 g/mol. The molecule has 0 radical (unpaired) electrons. The van der Waals surface area contributed by atoms with Gasteiger partial charge >= 0.3 is 0 Å². The molecule has 5 nitrogen and oxygen atoms in total. The molecular formula is C14H23BrIN3O2S. The van der Waals surface area contributed by atoms with Gasteiger partial charge in [0, 0.05) is 37.9 Å². The number of nitrogens with one attached hydrogen (secondary N) is 1. The zero-order valence-electron chi connectivity index (χ0n) is 13.0. The molecule has 0 saturated heterocycles. The number of halogens is 2. The fourth-order valence-electron chi connectivity index (χ4n) is 1.88. The van der Waals surface area contributed by atoms with E-state index in [1.807, 2.05) is 30.1 Å². The molecule has 0 atom stereocenters. The molecule has 0 saturated carbocycles. The van der Waals surface area contributed by atoms with E-state index in [9.17, 15) is 8.42 Å². The number of sulfone groups is 1. The molecule has 0 spiro atoms. The molecule has 0 fully saturated rings. The fraction of sp³-hybridized carbons (Fsp3) is 0.500. The van der Waals surface area contributed by atoms with Crippen LogP contribution in [0.4, 0.5) is 0 Å². The van der Waals surface area contributed by atoms with Crippen molar-refractivity contribution in [1.29, 1.82) is 0 Å². The number of guanidine groups is 1. The van der Waals surface area contributed by atoms with E-state index in [0.717, 1.165) is 10.4 Å². The average Bonchev–Trinajstić information content (AvgIpc) is 2.40. The monoisotopic (exact) mass is 503 g/mol. The Labute approximate surface area is 158 Å². The summed E-state index contributed by atoms with van der Waals surface area (Å²) in [5.74, 6) is 0.935. The van der Waals surface area contributed by atoms with Crippen LogP contribution in [0.15, 0.2) is 33.7 Å². The summed E-state index contributed by atoms with van der Waals surface area (Å²) in [7, 11) is 0.765. The molecule has 1 aromatic carbocycles. The maximum Gasteiger partial charge on any atom is 0.193 e. The van der Waals surface area contributed by atoms with Crippen molar-refractivity contribution in [3.8, 4) is 0 Å².